The minimum atomic E-state index is 0.276. The minimum absolute atomic E-state index is 0.276. The standard InChI is InChI=1S/C11H23N3O/c1-4-14-7-5-6-13(9-11(14)15)8-10(2)12-3/h10,12H,4-9H2,1-3H3. The summed E-state index contributed by atoms with van der Waals surface area (Å²) in [5.74, 6) is 0.276. The summed E-state index contributed by atoms with van der Waals surface area (Å²) in [6.07, 6.45) is 1.09. The molecule has 4 heteroatoms. The van der Waals surface area contributed by atoms with Gasteiger partial charge in [0.25, 0.3) is 0 Å². The molecule has 1 fully saturated rings. The summed E-state index contributed by atoms with van der Waals surface area (Å²) in [7, 11) is 1.96. The highest BCUT2D eigenvalue weighted by molar-refractivity contribution is 5.78. The van der Waals surface area contributed by atoms with Crippen molar-refractivity contribution in [3.8, 4) is 0 Å². The van der Waals surface area contributed by atoms with Crippen LogP contribution in [-0.2, 0) is 4.79 Å². The number of hydrogen-bond acceptors (Lipinski definition) is 3. The van der Waals surface area contributed by atoms with Crippen LogP contribution in [0.3, 0.4) is 0 Å². The zero-order valence-corrected chi connectivity index (χ0v) is 10.1. The molecule has 1 atom stereocenters. The van der Waals surface area contributed by atoms with Crippen LogP contribution < -0.4 is 5.32 Å². The van der Waals surface area contributed by atoms with Gasteiger partial charge in [0.15, 0.2) is 0 Å². The van der Waals surface area contributed by atoms with Crippen molar-refractivity contribution in [3.05, 3.63) is 0 Å². The molecule has 0 saturated carbocycles. The molecule has 0 aliphatic carbocycles. The van der Waals surface area contributed by atoms with Gasteiger partial charge < -0.3 is 10.2 Å². The molecular formula is C11H23N3O. The summed E-state index contributed by atoms with van der Waals surface area (Å²) in [6, 6.07) is 0.450. The Hall–Kier alpha value is -0.610. The second-order valence-electron chi connectivity index (χ2n) is 4.25. The predicted molar refractivity (Wildman–Crippen MR) is 61.8 cm³/mol. The lowest BCUT2D eigenvalue weighted by atomic mass is 10.3. The Morgan fingerprint density at radius 3 is 2.80 bits per heavy atom. The second kappa shape index (κ2) is 6.08. The van der Waals surface area contributed by atoms with Crippen LogP contribution >= 0.6 is 0 Å². The van der Waals surface area contributed by atoms with E-state index in [4.69, 9.17) is 0 Å². The van der Waals surface area contributed by atoms with Gasteiger partial charge in [-0.2, -0.15) is 0 Å². The fourth-order valence-corrected chi connectivity index (χ4v) is 1.95. The molecule has 0 bridgehead atoms. The third-order valence-electron chi connectivity index (χ3n) is 3.02. The SMILES string of the molecule is CCN1CCCN(CC(C)NC)CC1=O. The molecule has 1 rings (SSSR count). The molecule has 1 N–H and O–H groups in total. The molecule has 0 aromatic heterocycles. The topological polar surface area (TPSA) is 35.6 Å². The molecule has 88 valence electrons. The van der Waals surface area contributed by atoms with Gasteiger partial charge in [0.2, 0.25) is 5.91 Å². The number of hydrogen-bond donors (Lipinski definition) is 1. The van der Waals surface area contributed by atoms with E-state index in [9.17, 15) is 4.79 Å². The Morgan fingerprint density at radius 2 is 2.20 bits per heavy atom. The van der Waals surface area contributed by atoms with E-state index < -0.39 is 0 Å². The maximum absolute atomic E-state index is 11.8. The quantitative estimate of drug-likeness (QED) is 0.722. The molecule has 15 heavy (non-hydrogen) atoms. The lowest BCUT2D eigenvalue weighted by Gasteiger charge is -2.23. The van der Waals surface area contributed by atoms with Crippen molar-refractivity contribution in [1.29, 1.82) is 0 Å². The van der Waals surface area contributed by atoms with Crippen molar-refractivity contribution in [2.45, 2.75) is 26.3 Å². The highest BCUT2D eigenvalue weighted by Gasteiger charge is 2.20. The molecule has 1 aliphatic heterocycles. The normalized spacial score (nSPS) is 21.5. The highest BCUT2D eigenvalue weighted by atomic mass is 16.2. The lowest BCUT2D eigenvalue weighted by Crippen LogP contribution is -2.41. The van der Waals surface area contributed by atoms with Crippen LogP contribution in [0.4, 0.5) is 0 Å². The van der Waals surface area contributed by atoms with Gasteiger partial charge in [-0.05, 0) is 27.3 Å². The van der Waals surface area contributed by atoms with Crippen LogP contribution in [0.25, 0.3) is 0 Å². The summed E-state index contributed by atoms with van der Waals surface area (Å²) in [5, 5.41) is 3.21. The molecule has 0 spiro atoms. The fraction of sp³-hybridized carbons (Fsp3) is 0.909. The maximum atomic E-state index is 11.8. The van der Waals surface area contributed by atoms with E-state index in [0.717, 1.165) is 32.6 Å². The largest absolute Gasteiger partial charge is 0.342 e. The van der Waals surface area contributed by atoms with E-state index in [0.29, 0.717) is 12.6 Å². The number of carbonyl (C=O) groups is 1. The van der Waals surface area contributed by atoms with Crippen LogP contribution in [0.15, 0.2) is 0 Å². The first-order valence-corrected chi connectivity index (χ1v) is 5.84. The molecule has 1 unspecified atom stereocenters. The monoisotopic (exact) mass is 213 g/mol. The van der Waals surface area contributed by atoms with Gasteiger partial charge in [0.1, 0.15) is 0 Å². The van der Waals surface area contributed by atoms with Gasteiger partial charge in [-0.15, -0.1) is 0 Å². The Balaban J connectivity index is 2.45. The van der Waals surface area contributed by atoms with E-state index in [1.807, 2.05) is 18.9 Å². The van der Waals surface area contributed by atoms with E-state index in [-0.39, 0.29) is 5.91 Å². The Kier molecular flexibility index (Phi) is 5.05. The van der Waals surface area contributed by atoms with E-state index in [1.54, 1.807) is 0 Å². The number of likely N-dealkylation sites (N-methyl/N-ethyl adjacent to an activating group) is 2. The van der Waals surface area contributed by atoms with Crippen LogP contribution in [0, 0.1) is 0 Å². The van der Waals surface area contributed by atoms with Crippen LogP contribution in [0.1, 0.15) is 20.3 Å². The molecule has 0 aromatic rings. The molecule has 1 aliphatic rings. The Labute approximate surface area is 92.6 Å². The van der Waals surface area contributed by atoms with Gasteiger partial charge in [-0.3, -0.25) is 9.69 Å². The van der Waals surface area contributed by atoms with Gasteiger partial charge in [-0.25, -0.2) is 0 Å². The molecule has 1 heterocycles. The van der Waals surface area contributed by atoms with Gasteiger partial charge in [0, 0.05) is 32.2 Å². The molecule has 0 radical (unpaired) electrons. The number of carbonyl (C=O) groups excluding carboxylic acids is 1. The van der Waals surface area contributed by atoms with Gasteiger partial charge >= 0.3 is 0 Å². The van der Waals surface area contributed by atoms with Crippen LogP contribution in [0.2, 0.25) is 0 Å². The van der Waals surface area contributed by atoms with Crippen molar-refractivity contribution in [2.24, 2.45) is 0 Å². The summed E-state index contributed by atoms with van der Waals surface area (Å²) >= 11 is 0. The average Bonchev–Trinajstić information content (AvgIpc) is 2.39. The average molecular weight is 213 g/mol. The zero-order chi connectivity index (χ0) is 11.3. The minimum Gasteiger partial charge on any atom is -0.342 e. The van der Waals surface area contributed by atoms with E-state index in [1.165, 1.54) is 0 Å². The van der Waals surface area contributed by atoms with Crippen LogP contribution in [0.5, 0.6) is 0 Å². The number of nitrogens with one attached hydrogen (secondary N) is 1. The Bertz CT molecular complexity index is 208. The van der Waals surface area contributed by atoms with Gasteiger partial charge in [0.05, 0.1) is 6.54 Å². The molecule has 1 amide bonds. The van der Waals surface area contributed by atoms with Gasteiger partial charge in [-0.1, -0.05) is 0 Å². The number of nitrogens with zero attached hydrogens (tertiary/aromatic N) is 2. The van der Waals surface area contributed by atoms with Crippen molar-refractivity contribution < 1.29 is 4.79 Å². The van der Waals surface area contributed by atoms with E-state index in [2.05, 4.69) is 17.1 Å². The number of amides is 1. The van der Waals surface area contributed by atoms with E-state index >= 15 is 0 Å². The van der Waals surface area contributed by atoms with Crippen molar-refractivity contribution in [1.82, 2.24) is 15.1 Å². The molecule has 1 saturated heterocycles. The van der Waals surface area contributed by atoms with Crippen molar-refractivity contribution in [2.75, 3.05) is 39.8 Å². The van der Waals surface area contributed by atoms with Crippen molar-refractivity contribution >= 4 is 5.91 Å². The Morgan fingerprint density at radius 1 is 1.47 bits per heavy atom. The summed E-state index contributed by atoms with van der Waals surface area (Å²) < 4.78 is 0. The first-order valence-electron chi connectivity index (χ1n) is 5.84. The third kappa shape index (κ3) is 3.80. The fourth-order valence-electron chi connectivity index (χ4n) is 1.95. The smallest absolute Gasteiger partial charge is 0.236 e. The van der Waals surface area contributed by atoms with Crippen molar-refractivity contribution in [3.63, 3.8) is 0 Å². The number of rotatable bonds is 4. The zero-order valence-electron chi connectivity index (χ0n) is 10.1. The lowest BCUT2D eigenvalue weighted by molar-refractivity contribution is -0.131. The summed E-state index contributed by atoms with van der Waals surface area (Å²) in [6.45, 7) is 8.53. The highest BCUT2D eigenvalue weighted by Crippen LogP contribution is 2.04. The summed E-state index contributed by atoms with van der Waals surface area (Å²) in [4.78, 5) is 16.0. The predicted octanol–water partition coefficient (Wildman–Crippen LogP) is 0.149. The molecule has 0 aromatic carbocycles. The van der Waals surface area contributed by atoms with Crippen LogP contribution in [-0.4, -0.2) is 61.5 Å². The summed E-state index contributed by atoms with van der Waals surface area (Å²) in [5.41, 5.74) is 0. The first-order chi connectivity index (χ1) is 7.17. The molecule has 4 nitrogen and oxygen atoms in total. The first kappa shape index (κ1) is 12.5. The maximum Gasteiger partial charge on any atom is 0.236 e. The third-order valence-corrected chi connectivity index (χ3v) is 3.02. The molecular weight excluding hydrogens is 190 g/mol. The second-order valence-corrected chi connectivity index (χ2v) is 4.25.